The molecule has 1 aromatic heterocycles. The van der Waals surface area contributed by atoms with E-state index in [1.165, 1.54) is 0 Å². The molecule has 1 fully saturated rings. The standard InChI is InChI=1S/C17H18N2O4/c1-11-13(14(18-23-11)12-6-4-3-5-7-12)15(20)19-9-8-17(2,10-19)16(21)22/h3-7H,8-10H2,1-2H3,(H,21,22). The second-order valence-corrected chi connectivity index (χ2v) is 6.17. The second-order valence-electron chi connectivity index (χ2n) is 6.17. The van der Waals surface area contributed by atoms with Crippen LogP contribution in [-0.2, 0) is 4.79 Å². The van der Waals surface area contributed by atoms with Gasteiger partial charge in [-0.1, -0.05) is 35.5 Å². The minimum absolute atomic E-state index is 0.194. The van der Waals surface area contributed by atoms with E-state index in [0.717, 1.165) is 5.56 Å². The number of carboxylic acids is 1. The summed E-state index contributed by atoms with van der Waals surface area (Å²) in [7, 11) is 0. The highest BCUT2D eigenvalue weighted by Crippen LogP contribution is 2.33. The van der Waals surface area contributed by atoms with Crippen LogP contribution in [0.1, 0.15) is 29.5 Å². The molecule has 2 aromatic rings. The quantitative estimate of drug-likeness (QED) is 0.941. The molecule has 2 heterocycles. The fourth-order valence-corrected chi connectivity index (χ4v) is 2.88. The molecule has 23 heavy (non-hydrogen) atoms. The molecule has 1 unspecified atom stereocenters. The summed E-state index contributed by atoms with van der Waals surface area (Å²) in [5.74, 6) is -0.663. The largest absolute Gasteiger partial charge is 0.481 e. The Hall–Kier alpha value is -2.63. The molecule has 0 bridgehead atoms. The van der Waals surface area contributed by atoms with E-state index in [2.05, 4.69) is 5.16 Å². The molecule has 1 aromatic carbocycles. The number of likely N-dealkylation sites (tertiary alicyclic amines) is 1. The molecule has 1 aliphatic heterocycles. The van der Waals surface area contributed by atoms with Gasteiger partial charge in [0.1, 0.15) is 17.0 Å². The van der Waals surface area contributed by atoms with Crippen LogP contribution < -0.4 is 0 Å². The Bertz CT molecular complexity index is 753. The Morgan fingerprint density at radius 1 is 1.30 bits per heavy atom. The number of hydrogen-bond donors (Lipinski definition) is 1. The van der Waals surface area contributed by atoms with Gasteiger partial charge in [-0.2, -0.15) is 0 Å². The van der Waals surface area contributed by atoms with E-state index in [-0.39, 0.29) is 12.5 Å². The lowest BCUT2D eigenvalue weighted by Crippen LogP contribution is -2.35. The van der Waals surface area contributed by atoms with Crippen molar-refractivity contribution in [2.24, 2.45) is 5.41 Å². The van der Waals surface area contributed by atoms with Gasteiger partial charge in [-0.25, -0.2) is 0 Å². The number of rotatable bonds is 3. The zero-order valence-electron chi connectivity index (χ0n) is 13.1. The smallest absolute Gasteiger partial charge is 0.311 e. The van der Waals surface area contributed by atoms with Gasteiger partial charge in [0.25, 0.3) is 5.91 Å². The molecule has 6 heteroatoms. The van der Waals surface area contributed by atoms with Crippen LogP contribution in [0.15, 0.2) is 34.9 Å². The predicted octanol–water partition coefficient (Wildman–Crippen LogP) is 2.59. The lowest BCUT2D eigenvalue weighted by atomic mass is 9.90. The molecule has 0 spiro atoms. The zero-order chi connectivity index (χ0) is 16.6. The van der Waals surface area contributed by atoms with Crippen molar-refractivity contribution in [2.45, 2.75) is 20.3 Å². The lowest BCUT2D eigenvalue weighted by Gasteiger charge is -2.20. The number of carbonyl (C=O) groups is 2. The number of carbonyl (C=O) groups excluding carboxylic acids is 1. The third kappa shape index (κ3) is 2.60. The molecule has 1 atom stereocenters. The van der Waals surface area contributed by atoms with E-state index in [4.69, 9.17) is 4.52 Å². The Morgan fingerprint density at radius 3 is 2.61 bits per heavy atom. The summed E-state index contributed by atoms with van der Waals surface area (Å²) in [5, 5.41) is 13.3. The van der Waals surface area contributed by atoms with E-state index in [9.17, 15) is 14.7 Å². The van der Waals surface area contributed by atoms with E-state index >= 15 is 0 Å². The van der Waals surface area contributed by atoms with E-state index in [1.807, 2.05) is 30.3 Å². The maximum atomic E-state index is 12.9. The molecule has 6 nitrogen and oxygen atoms in total. The van der Waals surface area contributed by atoms with Crippen molar-refractivity contribution in [1.82, 2.24) is 10.1 Å². The third-order valence-electron chi connectivity index (χ3n) is 4.40. The summed E-state index contributed by atoms with van der Waals surface area (Å²) >= 11 is 0. The van der Waals surface area contributed by atoms with Crippen LogP contribution >= 0.6 is 0 Å². The summed E-state index contributed by atoms with van der Waals surface area (Å²) in [4.78, 5) is 25.8. The zero-order valence-corrected chi connectivity index (χ0v) is 13.1. The van der Waals surface area contributed by atoms with E-state index in [1.54, 1.807) is 18.7 Å². The van der Waals surface area contributed by atoms with Crippen LogP contribution in [0, 0.1) is 12.3 Å². The van der Waals surface area contributed by atoms with Gasteiger partial charge >= 0.3 is 5.97 Å². The lowest BCUT2D eigenvalue weighted by molar-refractivity contribution is -0.147. The van der Waals surface area contributed by atoms with Crippen LogP contribution in [0.5, 0.6) is 0 Å². The Kier molecular flexibility index (Phi) is 3.67. The molecular formula is C17H18N2O4. The maximum absolute atomic E-state index is 12.9. The first kappa shape index (κ1) is 15.3. The molecule has 0 radical (unpaired) electrons. The van der Waals surface area contributed by atoms with Crippen molar-refractivity contribution in [3.05, 3.63) is 41.7 Å². The number of aromatic nitrogens is 1. The number of nitrogens with zero attached hydrogens (tertiary/aromatic N) is 2. The van der Waals surface area contributed by atoms with Crippen LogP contribution in [-0.4, -0.2) is 40.1 Å². The average Bonchev–Trinajstić information content (AvgIpc) is 3.12. The van der Waals surface area contributed by atoms with Crippen molar-refractivity contribution in [2.75, 3.05) is 13.1 Å². The fraction of sp³-hybridized carbons (Fsp3) is 0.353. The Labute approximate surface area is 133 Å². The van der Waals surface area contributed by atoms with Crippen molar-refractivity contribution >= 4 is 11.9 Å². The molecule has 3 rings (SSSR count). The second kappa shape index (κ2) is 5.53. The van der Waals surface area contributed by atoms with Crippen LogP contribution in [0.25, 0.3) is 11.3 Å². The number of hydrogen-bond acceptors (Lipinski definition) is 4. The van der Waals surface area contributed by atoms with Gasteiger partial charge in [0.05, 0.1) is 5.41 Å². The summed E-state index contributed by atoms with van der Waals surface area (Å²) < 4.78 is 5.22. The first-order valence-corrected chi connectivity index (χ1v) is 7.47. The van der Waals surface area contributed by atoms with Crippen LogP contribution in [0.4, 0.5) is 0 Å². The van der Waals surface area contributed by atoms with Crippen molar-refractivity contribution in [1.29, 1.82) is 0 Å². The molecular weight excluding hydrogens is 296 g/mol. The molecule has 120 valence electrons. The van der Waals surface area contributed by atoms with Crippen molar-refractivity contribution < 1.29 is 19.2 Å². The number of benzene rings is 1. The predicted molar refractivity (Wildman–Crippen MR) is 82.9 cm³/mol. The van der Waals surface area contributed by atoms with Gasteiger partial charge in [0.2, 0.25) is 0 Å². The minimum atomic E-state index is -0.895. The Balaban J connectivity index is 1.93. The molecule has 1 saturated heterocycles. The SMILES string of the molecule is Cc1onc(-c2ccccc2)c1C(=O)N1CCC(C)(C(=O)O)C1. The van der Waals surface area contributed by atoms with Gasteiger partial charge in [0, 0.05) is 18.7 Å². The number of carboxylic acid groups (broad SMARTS) is 1. The summed E-state index contributed by atoms with van der Waals surface area (Å²) in [6, 6.07) is 9.34. The normalized spacial score (nSPS) is 20.7. The summed E-state index contributed by atoms with van der Waals surface area (Å²) in [5.41, 5.74) is 0.809. The fourth-order valence-electron chi connectivity index (χ4n) is 2.88. The molecule has 1 amide bonds. The van der Waals surface area contributed by atoms with Crippen molar-refractivity contribution in [3.63, 3.8) is 0 Å². The first-order valence-electron chi connectivity index (χ1n) is 7.47. The minimum Gasteiger partial charge on any atom is -0.481 e. The van der Waals surface area contributed by atoms with E-state index in [0.29, 0.717) is 30.0 Å². The van der Waals surface area contributed by atoms with E-state index < -0.39 is 11.4 Å². The third-order valence-corrected chi connectivity index (χ3v) is 4.40. The van der Waals surface area contributed by atoms with Gasteiger partial charge in [-0.05, 0) is 20.3 Å². The highest BCUT2D eigenvalue weighted by Gasteiger charge is 2.43. The van der Waals surface area contributed by atoms with Crippen molar-refractivity contribution in [3.8, 4) is 11.3 Å². The summed E-state index contributed by atoms with van der Waals surface area (Å²) in [6.07, 6.45) is 0.444. The average molecular weight is 314 g/mol. The number of aryl methyl sites for hydroxylation is 1. The number of amides is 1. The highest BCUT2D eigenvalue weighted by molar-refractivity contribution is 6.01. The Morgan fingerprint density at radius 2 is 2.00 bits per heavy atom. The topological polar surface area (TPSA) is 83.6 Å². The van der Waals surface area contributed by atoms with Gasteiger partial charge < -0.3 is 14.5 Å². The molecule has 1 N–H and O–H groups in total. The van der Waals surface area contributed by atoms with Gasteiger partial charge in [-0.15, -0.1) is 0 Å². The van der Waals surface area contributed by atoms with Gasteiger partial charge in [0.15, 0.2) is 0 Å². The monoisotopic (exact) mass is 314 g/mol. The molecule has 0 saturated carbocycles. The number of aliphatic carboxylic acids is 1. The van der Waals surface area contributed by atoms with Crippen LogP contribution in [0.2, 0.25) is 0 Å². The molecule has 1 aliphatic rings. The van der Waals surface area contributed by atoms with Crippen LogP contribution in [0.3, 0.4) is 0 Å². The molecule has 0 aliphatic carbocycles. The maximum Gasteiger partial charge on any atom is 0.311 e. The first-order chi connectivity index (χ1) is 10.9. The summed E-state index contributed by atoms with van der Waals surface area (Å²) in [6.45, 7) is 3.97. The highest BCUT2D eigenvalue weighted by atomic mass is 16.5. The van der Waals surface area contributed by atoms with Gasteiger partial charge in [-0.3, -0.25) is 9.59 Å².